The molecule has 1 unspecified atom stereocenters. The fourth-order valence-corrected chi connectivity index (χ4v) is 7.07. The van der Waals surface area contributed by atoms with E-state index in [1.54, 1.807) is 0 Å². The maximum Gasteiger partial charge on any atom is 0.184 e. The number of rotatable bonds is 18. The summed E-state index contributed by atoms with van der Waals surface area (Å²) in [6.45, 7) is 0.600. The fourth-order valence-electron chi connectivity index (χ4n) is 7.07. The largest absolute Gasteiger partial charge is 0.372 e. The van der Waals surface area contributed by atoms with Crippen molar-refractivity contribution < 1.29 is 28.6 Å². The molecule has 6 nitrogen and oxygen atoms in total. The lowest BCUT2D eigenvalue weighted by Crippen LogP contribution is -2.59. The molecule has 1 fully saturated rings. The van der Waals surface area contributed by atoms with Gasteiger partial charge < -0.3 is 14.2 Å². The lowest BCUT2D eigenvalue weighted by atomic mass is 9.72. The molecule has 52 heavy (non-hydrogen) atoms. The van der Waals surface area contributed by atoms with Gasteiger partial charge in [-0.1, -0.05) is 152 Å². The first kappa shape index (κ1) is 36.8. The van der Waals surface area contributed by atoms with E-state index in [4.69, 9.17) is 14.2 Å². The van der Waals surface area contributed by atoms with Crippen LogP contribution in [0.25, 0.3) is 0 Å². The van der Waals surface area contributed by atoms with Crippen LogP contribution in [0.15, 0.2) is 152 Å². The number of carbonyl (C=O) groups is 3. The molecule has 5 aromatic carbocycles. The summed E-state index contributed by atoms with van der Waals surface area (Å²) in [5.41, 5.74) is 4.74. The van der Waals surface area contributed by atoms with Gasteiger partial charge in [-0.05, 0) is 40.7 Å². The van der Waals surface area contributed by atoms with Gasteiger partial charge in [-0.3, -0.25) is 14.4 Å². The van der Waals surface area contributed by atoms with Crippen LogP contribution in [0, 0.1) is 11.8 Å². The molecule has 0 aromatic heterocycles. The van der Waals surface area contributed by atoms with Gasteiger partial charge >= 0.3 is 0 Å². The average Bonchev–Trinajstić information content (AvgIpc) is 3.17. The molecule has 1 aliphatic rings. The van der Waals surface area contributed by atoms with Gasteiger partial charge in [0.2, 0.25) is 0 Å². The van der Waals surface area contributed by atoms with E-state index in [1.807, 2.05) is 152 Å². The van der Waals surface area contributed by atoms with Crippen LogP contribution in [-0.4, -0.2) is 49.1 Å². The molecule has 266 valence electrons. The predicted molar refractivity (Wildman–Crippen MR) is 202 cm³/mol. The van der Waals surface area contributed by atoms with E-state index in [1.165, 1.54) is 0 Å². The van der Waals surface area contributed by atoms with Crippen LogP contribution in [0.3, 0.4) is 0 Å². The molecule has 5 aromatic rings. The van der Waals surface area contributed by atoms with Gasteiger partial charge in [-0.2, -0.15) is 0 Å². The highest BCUT2D eigenvalue weighted by atomic mass is 16.7. The zero-order valence-electron chi connectivity index (χ0n) is 29.4. The Morgan fingerprint density at radius 2 is 0.846 bits per heavy atom. The predicted octanol–water partition coefficient (Wildman–Crippen LogP) is 7.66. The molecule has 1 aliphatic heterocycles. The van der Waals surface area contributed by atoms with E-state index < -0.39 is 30.3 Å². The zero-order valence-corrected chi connectivity index (χ0v) is 29.4. The van der Waals surface area contributed by atoms with Gasteiger partial charge in [0.05, 0.1) is 31.2 Å². The number of benzene rings is 5. The van der Waals surface area contributed by atoms with Crippen molar-refractivity contribution in [3.05, 3.63) is 179 Å². The molecule has 1 heterocycles. The second kappa shape index (κ2) is 19.0. The lowest BCUT2D eigenvalue weighted by Gasteiger charge is -2.45. The summed E-state index contributed by atoms with van der Waals surface area (Å²) in [7, 11) is 0. The third kappa shape index (κ3) is 10.5. The first-order chi connectivity index (χ1) is 25.5. The van der Waals surface area contributed by atoms with Crippen molar-refractivity contribution in [2.75, 3.05) is 13.2 Å². The quantitative estimate of drug-likeness (QED) is 0.0938. The van der Waals surface area contributed by atoms with Crippen molar-refractivity contribution in [3.63, 3.8) is 0 Å². The molecule has 0 amide bonds. The van der Waals surface area contributed by atoms with E-state index in [2.05, 4.69) is 0 Å². The minimum Gasteiger partial charge on any atom is -0.372 e. The maximum absolute atomic E-state index is 14.7. The number of ketones is 3. The van der Waals surface area contributed by atoms with Gasteiger partial charge in [0.1, 0.15) is 23.5 Å². The van der Waals surface area contributed by atoms with Crippen LogP contribution in [0.2, 0.25) is 0 Å². The van der Waals surface area contributed by atoms with Gasteiger partial charge in [0, 0.05) is 25.7 Å². The molecule has 1 saturated heterocycles. The van der Waals surface area contributed by atoms with Gasteiger partial charge in [-0.15, -0.1) is 0 Å². The van der Waals surface area contributed by atoms with E-state index in [-0.39, 0.29) is 43.0 Å². The van der Waals surface area contributed by atoms with E-state index in [0.717, 1.165) is 27.8 Å². The van der Waals surface area contributed by atoms with Crippen LogP contribution < -0.4 is 0 Å². The fraction of sp³-hybridized carbons (Fsp3) is 0.283. The minimum atomic E-state index is -0.973. The number of Topliss-reactive ketones (excluding diaryl/α,β-unsaturated/α-hetero) is 3. The average molecular weight is 695 g/mol. The Labute approximate surface area is 306 Å². The molecule has 0 aliphatic carbocycles. The second-order valence-corrected chi connectivity index (χ2v) is 13.4. The van der Waals surface area contributed by atoms with Crippen LogP contribution >= 0.6 is 0 Å². The van der Waals surface area contributed by atoms with Gasteiger partial charge in [0.15, 0.2) is 6.29 Å². The summed E-state index contributed by atoms with van der Waals surface area (Å²) < 4.78 is 19.8. The normalized spacial score (nSPS) is 19.9. The molecule has 5 atom stereocenters. The van der Waals surface area contributed by atoms with Crippen molar-refractivity contribution in [2.24, 2.45) is 11.8 Å². The Hall–Kier alpha value is -5.01. The molecule has 0 saturated carbocycles. The Bertz CT molecular complexity index is 1830. The lowest BCUT2D eigenvalue weighted by molar-refractivity contribution is -0.276. The SMILES string of the molecule is O=C(Cc1ccccc1)C[C@H]1O[C@@H](OCCc2ccccc2)[C@@H](OCCc2ccccc2)[C@@H](C(=O)Cc2ccccc2)C1C(=O)Cc1ccccc1. The van der Waals surface area contributed by atoms with Crippen molar-refractivity contribution in [2.45, 2.75) is 57.0 Å². The maximum atomic E-state index is 14.7. The smallest absolute Gasteiger partial charge is 0.184 e. The third-order valence-electron chi connectivity index (χ3n) is 9.64. The molecule has 0 radical (unpaired) electrons. The van der Waals surface area contributed by atoms with Gasteiger partial charge in [0.25, 0.3) is 0 Å². The highest BCUT2D eigenvalue weighted by Crippen LogP contribution is 2.38. The summed E-state index contributed by atoms with van der Waals surface area (Å²) in [4.78, 5) is 43.0. The van der Waals surface area contributed by atoms with Crippen molar-refractivity contribution >= 4 is 17.3 Å². The minimum absolute atomic E-state index is 0.0372. The Balaban J connectivity index is 1.35. The Morgan fingerprint density at radius 3 is 1.31 bits per heavy atom. The Kier molecular flexibility index (Phi) is 13.4. The molecule has 6 rings (SSSR count). The zero-order chi connectivity index (χ0) is 36.0. The van der Waals surface area contributed by atoms with Crippen molar-refractivity contribution in [3.8, 4) is 0 Å². The number of hydrogen-bond acceptors (Lipinski definition) is 6. The first-order valence-corrected chi connectivity index (χ1v) is 18.2. The van der Waals surface area contributed by atoms with E-state index in [9.17, 15) is 14.4 Å². The van der Waals surface area contributed by atoms with Crippen molar-refractivity contribution in [1.82, 2.24) is 0 Å². The number of hydrogen-bond donors (Lipinski definition) is 0. The second-order valence-electron chi connectivity index (χ2n) is 13.4. The summed E-state index contributed by atoms with van der Waals surface area (Å²) in [5.74, 6) is -2.20. The van der Waals surface area contributed by atoms with E-state index >= 15 is 0 Å². The molecule has 0 spiro atoms. The summed E-state index contributed by atoms with van der Waals surface area (Å²) in [5, 5.41) is 0. The molecule has 6 heteroatoms. The first-order valence-electron chi connectivity index (χ1n) is 18.2. The summed E-state index contributed by atoms with van der Waals surface area (Å²) in [6.07, 6.45) is -1.13. The van der Waals surface area contributed by atoms with E-state index in [0.29, 0.717) is 26.1 Å². The summed E-state index contributed by atoms with van der Waals surface area (Å²) >= 11 is 0. The number of ether oxygens (including phenoxy) is 3. The van der Waals surface area contributed by atoms with Gasteiger partial charge in [-0.25, -0.2) is 0 Å². The summed E-state index contributed by atoms with van der Waals surface area (Å²) in [6, 6.07) is 48.6. The third-order valence-corrected chi connectivity index (χ3v) is 9.64. The topological polar surface area (TPSA) is 78.9 Å². The monoisotopic (exact) mass is 694 g/mol. The van der Waals surface area contributed by atoms with Crippen LogP contribution in [-0.2, 0) is 60.7 Å². The highest BCUT2D eigenvalue weighted by Gasteiger charge is 2.53. The number of carbonyl (C=O) groups excluding carboxylic acids is 3. The molecular formula is C46H46O6. The van der Waals surface area contributed by atoms with Crippen LogP contribution in [0.1, 0.15) is 34.2 Å². The molecule has 0 N–H and O–H groups in total. The molecular weight excluding hydrogens is 649 g/mol. The standard InChI is InChI=1S/C46H46O6/c47-39(30-36-20-10-3-11-21-36)33-42-43(40(48)31-37-22-12-4-13-23-37)44(41(49)32-38-24-14-5-15-25-38)45(50-28-26-34-16-6-1-7-17-34)46(52-42)51-29-27-35-18-8-2-9-19-35/h1-25,42-46H,26-33H2/t42-,43?,44+,45+,46-/m1/s1. The highest BCUT2D eigenvalue weighted by molar-refractivity contribution is 5.93. The molecule has 0 bridgehead atoms. The van der Waals surface area contributed by atoms with Crippen LogP contribution in [0.5, 0.6) is 0 Å². The Morgan fingerprint density at radius 1 is 0.462 bits per heavy atom. The van der Waals surface area contributed by atoms with Crippen LogP contribution in [0.4, 0.5) is 0 Å². The van der Waals surface area contributed by atoms with Crippen molar-refractivity contribution in [1.29, 1.82) is 0 Å².